The number of hydrogen-bond donors (Lipinski definition) is 2. The Bertz CT molecular complexity index is 203. The molecule has 5 nitrogen and oxygen atoms in total. The first-order valence-corrected chi connectivity index (χ1v) is 3.15. The molecule has 5 heteroatoms. The van der Waals surface area contributed by atoms with E-state index in [-0.39, 0.29) is 5.76 Å². The van der Waals surface area contributed by atoms with E-state index in [9.17, 15) is 4.79 Å². The number of rotatable bonds is 1. The van der Waals surface area contributed by atoms with Crippen LogP contribution in [0, 0.1) is 0 Å². The van der Waals surface area contributed by atoms with Gasteiger partial charge in [-0.2, -0.15) is 0 Å². The summed E-state index contributed by atoms with van der Waals surface area (Å²) in [6.07, 6.45) is -1.11. The zero-order chi connectivity index (χ0) is 8.43. The van der Waals surface area contributed by atoms with E-state index in [1.54, 1.807) is 6.92 Å². The maximum Gasteiger partial charge on any atom is 0.514 e. The Labute approximate surface area is 62.8 Å². The van der Waals surface area contributed by atoms with Crippen molar-refractivity contribution in [1.29, 1.82) is 0 Å². The Balaban J connectivity index is 2.81. The second-order valence-electron chi connectivity index (χ2n) is 2.05. The first kappa shape index (κ1) is 7.71. The van der Waals surface area contributed by atoms with Crippen molar-refractivity contribution in [3.05, 3.63) is 11.7 Å². The van der Waals surface area contributed by atoms with Crippen molar-refractivity contribution in [3.8, 4) is 0 Å². The molecule has 0 aromatic rings. The van der Waals surface area contributed by atoms with E-state index >= 15 is 0 Å². The molecular weight excluding hydrogens is 152 g/mol. The molecule has 2 N–H and O–H groups in total. The molecule has 0 unspecified atom stereocenters. The lowest BCUT2D eigenvalue weighted by Gasteiger charge is -2.01. The van der Waals surface area contributed by atoms with Gasteiger partial charge in [-0.25, -0.2) is 4.79 Å². The molecule has 1 aliphatic heterocycles. The molecule has 0 amide bonds. The van der Waals surface area contributed by atoms with Crippen LogP contribution in [0.5, 0.6) is 0 Å². The maximum atomic E-state index is 10.4. The molecule has 0 aromatic carbocycles. The third-order valence-electron chi connectivity index (χ3n) is 1.32. The number of aliphatic hydroxyl groups is 2. The van der Waals surface area contributed by atoms with E-state index in [0.717, 1.165) is 0 Å². The summed E-state index contributed by atoms with van der Waals surface area (Å²) in [6, 6.07) is 0. The fourth-order valence-corrected chi connectivity index (χ4v) is 0.808. The highest BCUT2D eigenvalue weighted by atomic mass is 16.8. The minimum atomic E-state index is -0.997. The topological polar surface area (TPSA) is 76.0 Å². The Morgan fingerprint density at radius 2 is 2.27 bits per heavy atom. The molecule has 1 rings (SSSR count). The van der Waals surface area contributed by atoms with Crippen LogP contribution >= 0.6 is 0 Å². The number of carbonyl (C=O) groups is 1. The van der Waals surface area contributed by atoms with Gasteiger partial charge in [-0.3, -0.25) is 0 Å². The van der Waals surface area contributed by atoms with Gasteiger partial charge in [-0.1, -0.05) is 6.92 Å². The highest BCUT2D eigenvalue weighted by Crippen LogP contribution is 2.22. The summed E-state index contributed by atoms with van der Waals surface area (Å²) in [7, 11) is 0. The highest BCUT2D eigenvalue weighted by Gasteiger charge is 2.33. The SMILES string of the molecule is CC[C@@H]1OC(=O)OC1=C(O)O. The van der Waals surface area contributed by atoms with Gasteiger partial charge < -0.3 is 19.7 Å². The first-order valence-electron chi connectivity index (χ1n) is 3.15. The van der Waals surface area contributed by atoms with Crippen molar-refractivity contribution in [2.45, 2.75) is 19.4 Å². The third-order valence-corrected chi connectivity index (χ3v) is 1.32. The highest BCUT2D eigenvalue weighted by molar-refractivity contribution is 5.65. The Morgan fingerprint density at radius 1 is 1.64 bits per heavy atom. The molecule has 11 heavy (non-hydrogen) atoms. The van der Waals surface area contributed by atoms with Crippen LogP contribution < -0.4 is 0 Å². The molecule has 1 atom stereocenters. The zero-order valence-electron chi connectivity index (χ0n) is 5.90. The molecule has 0 saturated carbocycles. The van der Waals surface area contributed by atoms with Gasteiger partial charge in [-0.15, -0.1) is 0 Å². The number of carbonyl (C=O) groups excluding carboxylic acids is 1. The summed E-state index contributed by atoms with van der Waals surface area (Å²) in [5.74, 6) is -1.21. The van der Waals surface area contributed by atoms with Crippen LogP contribution in [-0.2, 0) is 9.47 Å². The molecule has 1 heterocycles. The molecule has 0 aliphatic carbocycles. The molecule has 62 valence electrons. The fourth-order valence-electron chi connectivity index (χ4n) is 0.808. The number of cyclic esters (lactones) is 2. The third kappa shape index (κ3) is 1.36. The van der Waals surface area contributed by atoms with Crippen molar-refractivity contribution in [1.82, 2.24) is 0 Å². The summed E-state index contributed by atoms with van der Waals surface area (Å²) in [6.45, 7) is 1.73. The minimum absolute atomic E-state index is 0.211. The molecule has 0 spiro atoms. The Morgan fingerprint density at radius 3 is 2.64 bits per heavy atom. The van der Waals surface area contributed by atoms with Crippen LogP contribution in [-0.4, -0.2) is 22.5 Å². The van der Waals surface area contributed by atoms with Crippen LogP contribution in [0.4, 0.5) is 4.79 Å². The summed E-state index contributed by atoms with van der Waals surface area (Å²) >= 11 is 0. The zero-order valence-corrected chi connectivity index (χ0v) is 5.90. The summed E-state index contributed by atoms with van der Waals surface area (Å²) in [5.41, 5.74) is 0. The summed E-state index contributed by atoms with van der Waals surface area (Å²) < 4.78 is 8.89. The van der Waals surface area contributed by atoms with Gasteiger partial charge in [0.1, 0.15) is 0 Å². The van der Waals surface area contributed by atoms with Gasteiger partial charge in [0.05, 0.1) is 0 Å². The van der Waals surface area contributed by atoms with Crippen molar-refractivity contribution in [3.63, 3.8) is 0 Å². The van der Waals surface area contributed by atoms with E-state index in [1.165, 1.54) is 0 Å². The van der Waals surface area contributed by atoms with Gasteiger partial charge >= 0.3 is 12.1 Å². The van der Waals surface area contributed by atoms with Crippen LogP contribution in [0.25, 0.3) is 0 Å². The first-order chi connectivity index (χ1) is 5.15. The van der Waals surface area contributed by atoms with Gasteiger partial charge in [0, 0.05) is 0 Å². The van der Waals surface area contributed by atoms with Crippen molar-refractivity contribution < 1.29 is 24.5 Å². The van der Waals surface area contributed by atoms with Crippen LogP contribution in [0.3, 0.4) is 0 Å². The molecular formula is C6H8O5. The standard InChI is InChI=1S/C6H8O5/c1-2-3-4(5(7)8)11-6(9)10-3/h3,7-8H,2H2,1H3/t3-/m0/s1. The van der Waals surface area contributed by atoms with E-state index in [0.29, 0.717) is 6.42 Å². The monoisotopic (exact) mass is 160 g/mol. The summed E-state index contributed by atoms with van der Waals surface area (Å²) in [5, 5.41) is 17.1. The maximum absolute atomic E-state index is 10.4. The fraction of sp³-hybridized carbons (Fsp3) is 0.500. The normalized spacial score (nSPS) is 22.8. The number of aliphatic hydroxyl groups excluding tert-OH is 1. The van der Waals surface area contributed by atoms with Gasteiger partial charge in [-0.05, 0) is 6.42 Å². The van der Waals surface area contributed by atoms with Gasteiger partial charge in [0.25, 0.3) is 0 Å². The Kier molecular flexibility index (Phi) is 1.89. The summed E-state index contributed by atoms with van der Waals surface area (Å²) in [4.78, 5) is 10.4. The molecule has 1 aliphatic rings. The second kappa shape index (κ2) is 2.69. The predicted molar refractivity (Wildman–Crippen MR) is 33.9 cm³/mol. The number of hydrogen-bond acceptors (Lipinski definition) is 5. The van der Waals surface area contributed by atoms with Gasteiger partial charge in [0.15, 0.2) is 6.10 Å². The molecule has 0 aromatic heterocycles. The smallest absolute Gasteiger partial charge is 0.479 e. The van der Waals surface area contributed by atoms with Crippen molar-refractivity contribution in [2.75, 3.05) is 0 Å². The average molecular weight is 160 g/mol. The van der Waals surface area contributed by atoms with Crippen molar-refractivity contribution in [2.24, 2.45) is 0 Å². The lowest BCUT2D eigenvalue weighted by atomic mass is 10.2. The van der Waals surface area contributed by atoms with E-state index in [4.69, 9.17) is 10.2 Å². The van der Waals surface area contributed by atoms with E-state index in [2.05, 4.69) is 9.47 Å². The van der Waals surface area contributed by atoms with E-state index < -0.39 is 18.2 Å². The average Bonchev–Trinajstić information content (AvgIpc) is 2.30. The largest absolute Gasteiger partial charge is 0.514 e. The lowest BCUT2D eigenvalue weighted by Crippen LogP contribution is -2.08. The second-order valence-corrected chi connectivity index (χ2v) is 2.05. The molecule has 1 saturated heterocycles. The van der Waals surface area contributed by atoms with Crippen LogP contribution in [0.2, 0.25) is 0 Å². The molecule has 1 fully saturated rings. The van der Waals surface area contributed by atoms with E-state index in [1.807, 2.05) is 0 Å². The molecule has 0 bridgehead atoms. The predicted octanol–water partition coefficient (Wildman–Crippen LogP) is 1.22. The minimum Gasteiger partial charge on any atom is -0.479 e. The quantitative estimate of drug-likeness (QED) is 0.445. The molecule has 0 radical (unpaired) electrons. The van der Waals surface area contributed by atoms with Crippen LogP contribution in [0.1, 0.15) is 13.3 Å². The number of ether oxygens (including phenoxy) is 2. The lowest BCUT2D eigenvalue weighted by molar-refractivity contribution is 0.117. The van der Waals surface area contributed by atoms with Crippen LogP contribution in [0.15, 0.2) is 11.7 Å². The Hall–Kier alpha value is -1.39. The van der Waals surface area contributed by atoms with Gasteiger partial charge in [0.2, 0.25) is 5.76 Å². The van der Waals surface area contributed by atoms with Crippen molar-refractivity contribution >= 4 is 6.16 Å².